The molecular formula is C10H17N3O. The third-order valence-corrected chi connectivity index (χ3v) is 1.82. The molecule has 0 fully saturated rings. The molecular weight excluding hydrogens is 178 g/mol. The molecule has 14 heavy (non-hydrogen) atoms. The van der Waals surface area contributed by atoms with Crippen LogP contribution < -0.4 is 10.5 Å². The van der Waals surface area contributed by atoms with Crippen LogP contribution in [0.2, 0.25) is 0 Å². The molecule has 0 atom stereocenters. The molecule has 0 unspecified atom stereocenters. The van der Waals surface area contributed by atoms with Crippen molar-refractivity contribution in [2.45, 2.75) is 26.8 Å². The van der Waals surface area contributed by atoms with Crippen molar-refractivity contribution in [2.75, 3.05) is 7.11 Å². The van der Waals surface area contributed by atoms with Gasteiger partial charge < -0.3 is 10.5 Å². The maximum atomic E-state index is 5.53. The van der Waals surface area contributed by atoms with E-state index in [4.69, 9.17) is 10.5 Å². The largest absolute Gasteiger partial charge is 0.467 e. The maximum absolute atomic E-state index is 5.53. The summed E-state index contributed by atoms with van der Waals surface area (Å²) in [4.78, 5) is 8.37. The molecule has 0 saturated heterocycles. The molecule has 0 aliphatic heterocycles. The van der Waals surface area contributed by atoms with Crippen LogP contribution >= 0.6 is 0 Å². The van der Waals surface area contributed by atoms with E-state index in [2.05, 4.69) is 23.8 Å². The Kier molecular flexibility index (Phi) is 3.83. The fourth-order valence-corrected chi connectivity index (χ4v) is 1.25. The van der Waals surface area contributed by atoms with Crippen LogP contribution in [0.5, 0.6) is 6.01 Å². The summed E-state index contributed by atoms with van der Waals surface area (Å²) in [6.45, 7) is 4.72. The number of methoxy groups -OCH3 is 1. The minimum atomic E-state index is 0.406. The first-order valence-corrected chi connectivity index (χ1v) is 4.76. The van der Waals surface area contributed by atoms with Gasteiger partial charge in [0.1, 0.15) is 0 Å². The molecule has 0 aliphatic rings. The molecule has 0 amide bonds. The van der Waals surface area contributed by atoms with Crippen LogP contribution in [0, 0.1) is 5.92 Å². The lowest BCUT2D eigenvalue weighted by atomic mass is 10.1. The van der Waals surface area contributed by atoms with Crippen LogP contribution in [0.1, 0.15) is 25.2 Å². The maximum Gasteiger partial charge on any atom is 0.316 e. The first kappa shape index (κ1) is 10.9. The Morgan fingerprint density at radius 3 is 2.50 bits per heavy atom. The molecule has 4 heteroatoms. The SMILES string of the molecule is COc1nc(CN)cc(CC(C)C)n1. The highest BCUT2D eigenvalue weighted by Crippen LogP contribution is 2.10. The van der Waals surface area contributed by atoms with Crippen molar-refractivity contribution >= 4 is 0 Å². The zero-order chi connectivity index (χ0) is 10.6. The molecule has 1 rings (SSSR count). The molecule has 2 N–H and O–H groups in total. The van der Waals surface area contributed by atoms with Gasteiger partial charge in [-0.2, -0.15) is 4.98 Å². The highest BCUT2D eigenvalue weighted by atomic mass is 16.5. The van der Waals surface area contributed by atoms with E-state index in [9.17, 15) is 0 Å². The summed E-state index contributed by atoms with van der Waals surface area (Å²) >= 11 is 0. The van der Waals surface area contributed by atoms with Crippen LogP contribution in [0.4, 0.5) is 0 Å². The summed E-state index contributed by atoms with van der Waals surface area (Å²) in [5.41, 5.74) is 7.35. The summed E-state index contributed by atoms with van der Waals surface area (Å²) < 4.78 is 5.00. The third kappa shape index (κ3) is 2.96. The Morgan fingerprint density at radius 1 is 1.36 bits per heavy atom. The van der Waals surface area contributed by atoms with E-state index < -0.39 is 0 Å². The lowest BCUT2D eigenvalue weighted by molar-refractivity contribution is 0.375. The molecule has 0 saturated carbocycles. The van der Waals surface area contributed by atoms with Gasteiger partial charge in [-0.25, -0.2) is 4.98 Å². The molecule has 0 bridgehead atoms. The molecule has 4 nitrogen and oxygen atoms in total. The lowest BCUT2D eigenvalue weighted by Crippen LogP contribution is -2.06. The van der Waals surface area contributed by atoms with E-state index in [0.29, 0.717) is 18.5 Å². The van der Waals surface area contributed by atoms with Gasteiger partial charge in [-0.05, 0) is 18.4 Å². The van der Waals surface area contributed by atoms with Crippen molar-refractivity contribution in [3.8, 4) is 6.01 Å². The van der Waals surface area contributed by atoms with Gasteiger partial charge in [0.25, 0.3) is 0 Å². The normalized spacial score (nSPS) is 10.6. The predicted octanol–water partition coefficient (Wildman–Crippen LogP) is 1.14. The highest BCUT2D eigenvalue weighted by molar-refractivity contribution is 5.14. The van der Waals surface area contributed by atoms with E-state index in [1.807, 2.05) is 6.07 Å². The molecule has 0 spiro atoms. The van der Waals surface area contributed by atoms with Gasteiger partial charge in [-0.3, -0.25) is 0 Å². The third-order valence-electron chi connectivity index (χ3n) is 1.82. The number of aromatic nitrogens is 2. The van der Waals surface area contributed by atoms with Crippen LogP contribution in [0.25, 0.3) is 0 Å². The molecule has 78 valence electrons. The van der Waals surface area contributed by atoms with Gasteiger partial charge in [0.2, 0.25) is 0 Å². The van der Waals surface area contributed by atoms with E-state index in [0.717, 1.165) is 17.8 Å². The smallest absolute Gasteiger partial charge is 0.316 e. The first-order valence-electron chi connectivity index (χ1n) is 4.76. The molecule has 0 aromatic carbocycles. The molecule has 1 aromatic rings. The van der Waals surface area contributed by atoms with Crippen LogP contribution in [-0.4, -0.2) is 17.1 Å². The quantitative estimate of drug-likeness (QED) is 0.782. The monoisotopic (exact) mass is 195 g/mol. The minimum Gasteiger partial charge on any atom is -0.467 e. The fraction of sp³-hybridized carbons (Fsp3) is 0.600. The number of rotatable bonds is 4. The van der Waals surface area contributed by atoms with Gasteiger partial charge in [0.15, 0.2) is 0 Å². The Morgan fingerprint density at radius 2 is 2.00 bits per heavy atom. The van der Waals surface area contributed by atoms with Crippen molar-refractivity contribution < 1.29 is 4.74 Å². The van der Waals surface area contributed by atoms with Gasteiger partial charge in [-0.15, -0.1) is 0 Å². The average Bonchev–Trinajstić information content (AvgIpc) is 2.16. The zero-order valence-electron chi connectivity index (χ0n) is 8.95. The first-order chi connectivity index (χ1) is 6.65. The Bertz CT molecular complexity index is 277. The molecule has 0 aliphatic carbocycles. The van der Waals surface area contributed by atoms with Gasteiger partial charge >= 0.3 is 6.01 Å². The number of nitrogens with zero attached hydrogens (tertiary/aromatic N) is 2. The summed E-state index contributed by atoms with van der Waals surface area (Å²) in [6.07, 6.45) is 0.922. The molecule has 1 aromatic heterocycles. The standard InChI is InChI=1S/C10H17N3O/c1-7(2)4-8-5-9(6-11)13-10(12-8)14-3/h5,7H,4,6,11H2,1-3H3. The second-order valence-corrected chi connectivity index (χ2v) is 3.64. The van der Waals surface area contributed by atoms with E-state index >= 15 is 0 Å². The van der Waals surface area contributed by atoms with Crippen molar-refractivity contribution in [1.82, 2.24) is 9.97 Å². The Hall–Kier alpha value is -1.16. The average molecular weight is 195 g/mol. The topological polar surface area (TPSA) is 61.0 Å². The van der Waals surface area contributed by atoms with Crippen molar-refractivity contribution in [2.24, 2.45) is 11.7 Å². The van der Waals surface area contributed by atoms with Crippen LogP contribution in [-0.2, 0) is 13.0 Å². The summed E-state index contributed by atoms with van der Waals surface area (Å²) in [6, 6.07) is 2.34. The van der Waals surface area contributed by atoms with E-state index in [-0.39, 0.29) is 0 Å². The predicted molar refractivity (Wildman–Crippen MR) is 55.0 cm³/mol. The van der Waals surface area contributed by atoms with Crippen LogP contribution in [0.3, 0.4) is 0 Å². The second kappa shape index (κ2) is 4.91. The lowest BCUT2D eigenvalue weighted by Gasteiger charge is -2.07. The van der Waals surface area contributed by atoms with Gasteiger partial charge in [-0.1, -0.05) is 13.8 Å². The van der Waals surface area contributed by atoms with Crippen LogP contribution in [0.15, 0.2) is 6.07 Å². The zero-order valence-corrected chi connectivity index (χ0v) is 8.95. The molecule has 1 heterocycles. The number of hydrogen-bond donors (Lipinski definition) is 1. The van der Waals surface area contributed by atoms with E-state index in [1.54, 1.807) is 7.11 Å². The number of hydrogen-bond acceptors (Lipinski definition) is 4. The Balaban J connectivity index is 2.92. The van der Waals surface area contributed by atoms with Gasteiger partial charge in [0, 0.05) is 12.2 Å². The summed E-state index contributed by atoms with van der Waals surface area (Å²) in [5.74, 6) is 0.570. The number of ether oxygens (including phenoxy) is 1. The van der Waals surface area contributed by atoms with E-state index in [1.165, 1.54) is 0 Å². The van der Waals surface area contributed by atoms with Crippen molar-refractivity contribution in [3.63, 3.8) is 0 Å². The van der Waals surface area contributed by atoms with Crippen molar-refractivity contribution in [1.29, 1.82) is 0 Å². The van der Waals surface area contributed by atoms with Gasteiger partial charge in [0.05, 0.1) is 12.8 Å². The van der Waals surface area contributed by atoms with Crippen molar-refractivity contribution in [3.05, 3.63) is 17.5 Å². The fourth-order valence-electron chi connectivity index (χ4n) is 1.25. The summed E-state index contributed by atoms with van der Waals surface area (Å²) in [5, 5.41) is 0. The highest BCUT2D eigenvalue weighted by Gasteiger charge is 2.05. The molecule has 0 radical (unpaired) electrons. The summed E-state index contributed by atoms with van der Waals surface area (Å²) in [7, 11) is 1.56. The Labute approximate surface area is 84.5 Å². The number of nitrogens with two attached hydrogens (primary N) is 1. The minimum absolute atomic E-state index is 0.406. The second-order valence-electron chi connectivity index (χ2n) is 3.64.